The largest absolute Gasteiger partial charge is 0.497 e. The summed E-state index contributed by atoms with van der Waals surface area (Å²) in [4.78, 5) is 17.6. The number of imidazole rings is 1. The Morgan fingerprint density at radius 2 is 1.75 bits per heavy atom. The molecule has 7 rings (SSSR count). The minimum Gasteiger partial charge on any atom is -0.497 e. The summed E-state index contributed by atoms with van der Waals surface area (Å²) in [5.41, 5.74) is 6.61. The lowest BCUT2D eigenvalue weighted by Gasteiger charge is -2.23. The number of benzene rings is 2. The average molecular weight is 536 g/mol. The molecule has 1 aliphatic heterocycles. The first-order valence-corrected chi connectivity index (χ1v) is 13.2. The van der Waals surface area contributed by atoms with Crippen LogP contribution in [0.5, 0.6) is 11.5 Å². The third kappa shape index (κ3) is 4.52. The average Bonchev–Trinajstić information content (AvgIpc) is 3.61. The lowest BCUT2D eigenvalue weighted by atomic mass is 10.0. The van der Waals surface area contributed by atoms with E-state index in [4.69, 9.17) is 19.4 Å². The third-order valence-electron chi connectivity index (χ3n) is 7.16. The molecule has 0 amide bonds. The maximum atomic E-state index is 14.3. The summed E-state index contributed by atoms with van der Waals surface area (Å²) in [7, 11) is 1.52. The number of ether oxygens (including phenoxy) is 2. The summed E-state index contributed by atoms with van der Waals surface area (Å²) in [6, 6.07) is 16.2. The smallest absolute Gasteiger partial charge is 0.161 e. The lowest BCUT2D eigenvalue weighted by Crippen LogP contribution is -2.34. The van der Waals surface area contributed by atoms with Crippen molar-refractivity contribution >= 4 is 22.1 Å². The molecule has 200 valence electrons. The molecule has 6 aromatic rings. The van der Waals surface area contributed by atoms with Crippen molar-refractivity contribution in [3.05, 3.63) is 72.8 Å². The molecule has 3 N–H and O–H groups in total. The molecule has 2 aromatic carbocycles. The van der Waals surface area contributed by atoms with E-state index in [9.17, 15) is 4.39 Å². The van der Waals surface area contributed by atoms with Crippen LogP contribution >= 0.6 is 0 Å². The third-order valence-corrected chi connectivity index (χ3v) is 7.16. The molecule has 10 heteroatoms. The summed E-state index contributed by atoms with van der Waals surface area (Å²) >= 11 is 0. The van der Waals surface area contributed by atoms with Gasteiger partial charge in [0.2, 0.25) is 0 Å². The highest BCUT2D eigenvalue weighted by Gasteiger charge is 2.18. The van der Waals surface area contributed by atoms with E-state index in [0.29, 0.717) is 33.9 Å². The molecular formula is C30H26FN7O2. The van der Waals surface area contributed by atoms with E-state index < -0.39 is 0 Å². The number of pyridine rings is 2. The first-order chi connectivity index (χ1) is 19.6. The number of nitrogens with zero attached hydrogens (tertiary/aromatic N) is 4. The molecule has 0 atom stereocenters. The van der Waals surface area contributed by atoms with Crippen molar-refractivity contribution in [1.82, 2.24) is 35.5 Å². The van der Waals surface area contributed by atoms with E-state index in [-0.39, 0.29) is 11.9 Å². The Kier molecular flexibility index (Phi) is 6.09. The predicted molar refractivity (Wildman–Crippen MR) is 151 cm³/mol. The van der Waals surface area contributed by atoms with E-state index in [1.54, 1.807) is 18.5 Å². The number of fused-ring (bicyclic) bond motifs is 2. The molecular weight excluding hydrogens is 509 g/mol. The fourth-order valence-electron chi connectivity index (χ4n) is 5.17. The molecule has 0 bridgehead atoms. The number of hydrogen-bond donors (Lipinski definition) is 3. The van der Waals surface area contributed by atoms with Gasteiger partial charge in [-0.25, -0.2) is 14.4 Å². The van der Waals surface area contributed by atoms with Crippen LogP contribution in [0.2, 0.25) is 0 Å². The number of para-hydroxylation sites is 1. The van der Waals surface area contributed by atoms with Crippen molar-refractivity contribution in [2.45, 2.75) is 18.9 Å². The Bertz CT molecular complexity index is 1840. The number of hydrogen-bond acceptors (Lipinski definition) is 7. The van der Waals surface area contributed by atoms with Crippen molar-refractivity contribution in [3.63, 3.8) is 0 Å². The van der Waals surface area contributed by atoms with E-state index in [1.807, 2.05) is 36.4 Å². The van der Waals surface area contributed by atoms with Gasteiger partial charge >= 0.3 is 0 Å². The maximum absolute atomic E-state index is 14.3. The van der Waals surface area contributed by atoms with E-state index in [1.165, 1.54) is 19.2 Å². The molecule has 0 spiro atoms. The van der Waals surface area contributed by atoms with Gasteiger partial charge in [0.15, 0.2) is 11.5 Å². The highest BCUT2D eigenvalue weighted by atomic mass is 19.1. The van der Waals surface area contributed by atoms with Gasteiger partial charge in [-0.3, -0.25) is 10.1 Å². The number of methoxy groups -OCH3 is 1. The molecule has 4 aromatic heterocycles. The summed E-state index contributed by atoms with van der Waals surface area (Å²) in [6.07, 6.45) is 5.65. The first kappa shape index (κ1) is 24.2. The predicted octanol–water partition coefficient (Wildman–Crippen LogP) is 5.51. The second-order valence-electron chi connectivity index (χ2n) is 9.81. The summed E-state index contributed by atoms with van der Waals surface area (Å²) in [5.74, 6) is 1.36. The second kappa shape index (κ2) is 10.0. The molecule has 1 saturated heterocycles. The van der Waals surface area contributed by atoms with Gasteiger partial charge < -0.3 is 19.8 Å². The number of aromatic nitrogens is 6. The fourth-order valence-corrected chi connectivity index (χ4v) is 5.17. The van der Waals surface area contributed by atoms with Crippen LogP contribution in [0.3, 0.4) is 0 Å². The molecule has 5 heterocycles. The van der Waals surface area contributed by atoms with Crippen molar-refractivity contribution in [1.29, 1.82) is 0 Å². The molecule has 1 fully saturated rings. The van der Waals surface area contributed by atoms with Crippen LogP contribution in [0.15, 0.2) is 67.0 Å². The Morgan fingerprint density at radius 1 is 0.875 bits per heavy atom. The van der Waals surface area contributed by atoms with Gasteiger partial charge in [-0.1, -0.05) is 12.1 Å². The highest BCUT2D eigenvalue weighted by Crippen LogP contribution is 2.34. The number of piperidine rings is 1. The summed E-state index contributed by atoms with van der Waals surface area (Å²) in [6.45, 7) is 1.91. The van der Waals surface area contributed by atoms with Gasteiger partial charge in [-0.05, 0) is 67.9 Å². The minimum absolute atomic E-state index is 0.181. The van der Waals surface area contributed by atoms with Crippen molar-refractivity contribution in [3.8, 4) is 45.4 Å². The number of rotatable bonds is 6. The van der Waals surface area contributed by atoms with Gasteiger partial charge in [0.05, 0.1) is 35.6 Å². The molecule has 9 nitrogen and oxygen atoms in total. The number of nitrogens with one attached hydrogen (secondary N) is 3. The zero-order valence-corrected chi connectivity index (χ0v) is 21.7. The van der Waals surface area contributed by atoms with Crippen LogP contribution in [0.25, 0.3) is 56.0 Å². The summed E-state index contributed by atoms with van der Waals surface area (Å²) in [5, 5.41) is 10.9. The van der Waals surface area contributed by atoms with Gasteiger partial charge in [0.25, 0.3) is 0 Å². The topological polar surface area (TPSA) is 114 Å². The number of halogens is 1. The monoisotopic (exact) mass is 535 g/mol. The van der Waals surface area contributed by atoms with E-state index in [2.05, 4.69) is 25.5 Å². The normalized spacial score (nSPS) is 14.2. The SMILES string of the molecule is COc1cc(F)cc(-c2cccc3[nH]c(-c4n[nH]c5ccc(-c6cncc(OC7CCNCC7)c6)nc45)nc23)c1. The molecule has 0 unspecified atom stereocenters. The summed E-state index contributed by atoms with van der Waals surface area (Å²) < 4.78 is 25.7. The second-order valence-corrected chi connectivity index (χ2v) is 9.81. The van der Waals surface area contributed by atoms with Gasteiger partial charge in [0.1, 0.15) is 28.9 Å². The van der Waals surface area contributed by atoms with E-state index >= 15 is 0 Å². The van der Waals surface area contributed by atoms with Gasteiger partial charge in [0, 0.05) is 23.4 Å². The molecule has 40 heavy (non-hydrogen) atoms. The van der Waals surface area contributed by atoms with Crippen LogP contribution < -0.4 is 14.8 Å². The van der Waals surface area contributed by atoms with E-state index in [0.717, 1.165) is 59.5 Å². The standard InChI is InChI=1S/C30H26FN7O2/c1-39-21-12-17(11-19(31)14-21)23-3-2-4-25-27(23)36-30(35-25)29-28-26(37-38-29)6-5-24(34-28)18-13-22(16-33-15-18)40-20-7-9-32-10-8-20/h2-6,11-16,20,32H,7-10H2,1H3,(H,35,36)(H,37,38). The highest BCUT2D eigenvalue weighted by molar-refractivity contribution is 5.96. The van der Waals surface area contributed by atoms with Gasteiger partial charge in [-0.2, -0.15) is 5.10 Å². The van der Waals surface area contributed by atoms with Crippen molar-refractivity contribution in [2.24, 2.45) is 0 Å². The quantitative estimate of drug-likeness (QED) is 0.258. The molecule has 0 saturated carbocycles. The van der Waals surface area contributed by atoms with Crippen LogP contribution in [-0.2, 0) is 0 Å². The Hall–Kier alpha value is -4.83. The molecule has 0 radical (unpaired) electrons. The van der Waals surface area contributed by atoms with Crippen LogP contribution in [0.1, 0.15) is 12.8 Å². The minimum atomic E-state index is -0.378. The zero-order chi connectivity index (χ0) is 27.1. The van der Waals surface area contributed by atoms with Crippen molar-refractivity contribution in [2.75, 3.05) is 20.2 Å². The number of H-pyrrole nitrogens is 2. The van der Waals surface area contributed by atoms with Gasteiger partial charge in [-0.15, -0.1) is 0 Å². The maximum Gasteiger partial charge on any atom is 0.161 e. The Labute approximate surface area is 228 Å². The number of aromatic amines is 2. The van der Waals surface area contributed by atoms with Crippen LogP contribution in [0.4, 0.5) is 4.39 Å². The molecule has 1 aliphatic rings. The Morgan fingerprint density at radius 3 is 2.62 bits per heavy atom. The van der Waals surface area contributed by atoms with Crippen LogP contribution in [0, 0.1) is 5.82 Å². The lowest BCUT2D eigenvalue weighted by molar-refractivity contribution is 0.162. The van der Waals surface area contributed by atoms with Crippen LogP contribution in [-0.4, -0.2) is 56.4 Å². The fraction of sp³-hybridized carbons (Fsp3) is 0.200. The zero-order valence-electron chi connectivity index (χ0n) is 21.7. The Balaban J connectivity index is 1.26. The van der Waals surface area contributed by atoms with Crippen molar-refractivity contribution < 1.29 is 13.9 Å². The molecule has 0 aliphatic carbocycles. The first-order valence-electron chi connectivity index (χ1n) is 13.2.